The molecule has 0 aliphatic heterocycles. The van der Waals surface area contributed by atoms with Gasteiger partial charge in [0.05, 0.1) is 6.61 Å². The summed E-state index contributed by atoms with van der Waals surface area (Å²) in [6.07, 6.45) is 0. The zero-order valence-corrected chi connectivity index (χ0v) is 17.4. The van der Waals surface area contributed by atoms with Crippen molar-refractivity contribution < 1.29 is 4.43 Å². The fourth-order valence-electron chi connectivity index (χ4n) is 3.14. The Labute approximate surface area is 164 Å². The lowest BCUT2D eigenvalue weighted by Gasteiger charge is -2.24. The Kier molecular flexibility index (Phi) is 6.48. The van der Waals surface area contributed by atoms with Gasteiger partial charge in [-0.25, -0.2) is 0 Å². The summed E-state index contributed by atoms with van der Waals surface area (Å²) >= 11 is 0. The molecule has 0 saturated carbocycles. The Balaban J connectivity index is 1.66. The molecule has 3 heteroatoms. The molecule has 0 amide bonds. The third-order valence-corrected chi connectivity index (χ3v) is 6.68. The standard InChI is InChI=1S/C24H28NOSi/c1-24(2,3)22-16-10-11-17-23(22)25-18-19-26-27(20-12-6-4-7-13-20)21-14-8-5-9-15-21/h4-17,25H,18-19H2,1-3H3. The highest BCUT2D eigenvalue weighted by Crippen LogP contribution is 2.28. The van der Waals surface area contributed by atoms with Crippen molar-refractivity contribution in [3.05, 3.63) is 90.5 Å². The maximum absolute atomic E-state index is 6.40. The molecular formula is C24H28NOSi. The van der Waals surface area contributed by atoms with Crippen molar-refractivity contribution in [3.8, 4) is 0 Å². The molecule has 0 aromatic heterocycles. The fourth-order valence-corrected chi connectivity index (χ4v) is 5.11. The van der Waals surface area contributed by atoms with Crippen LogP contribution in [0, 0.1) is 0 Å². The Hall–Kier alpha value is -2.36. The van der Waals surface area contributed by atoms with E-state index in [0.717, 1.165) is 6.54 Å². The molecule has 0 heterocycles. The first-order chi connectivity index (χ1) is 13.1. The van der Waals surface area contributed by atoms with Gasteiger partial charge >= 0.3 is 0 Å². The van der Waals surface area contributed by atoms with Gasteiger partial charge in [0.1, 0.15) is 0 Å². The topological polar surface area (TPSA) is 21.3 Å². The fraction of sp³-hybridized carbons (Fsp3) is 0.250. The predicted octanol–water partition coefficient (Wildman–Crippen LogP) is 4.22. The van der Waals surface area contributed by atoms with Gasteiger partial charge in [0.15, 0.2) is 0 Å². The molecule has 2 nitrogen and oxygen atoms in total. The third kappa shape index (κ3) is 5.31. The largest absolute Gasteiger partial charge is 0.406 e. The zero-order chi connectivity index (χ0) is 19.1. The molecule has 27 heavy (non-hydrogen) atoms. The first-order valence-electron chi connectivity index (χ1n) is 9.50. The van der Waals surface area contributed by atoms with Crippen molar-refractivity contribution >= 4 is 25.1 Å². The first-order valence-corrected chi connectivity index (χ1v) is 10.9. The quantitative estimate of drug-likeness (QED) is 0.494. The Morgan fingerprint density at radius 3 is 1.81 bits per heavy atom. The number of anilines is 1. The van der Waals surface area contributed by atoms with E-state index < -0.39 is 9.04 Å². The number of hydrogen-bond acceptors (Lipinski definition) is 2. The summed E-state index contributed by atoms with van der Waals surface area (Å²) < 4.78 is 6.40. The van der Waals surface area contributed by atoms with E-state index in [1.54, 1.807) is 0 Å². The summed E-state index contributed by atoms with van der Waals surface area (Å²) in [5.41, 5.74) is 2.65. The van der Waals surface area contributed by atoms with E-state index in [4.69, 9.17) is 4.43 Å². The smallest absolute Gasteiger partial charge is 0.282 e. The van der Waals surface area contributed by atoms with Crippen molar-refractivity contribution in [2.24, 2.45) is 0 Å². The first kappa shape index (κ1) is 19.4. The van der Waals surface area contributed by atoms with Crippen LogP contribution in [0.1, 0.15) is 26.3 Å². The van der Waals surface area contributed by atoms with Gasteiger partial charge < -0.3 is 9.74 Å². The lowest BCUT2D eigenvalue weighted by molar-refractivity contribution is 0.349. The second-order valence-corrected chi connectivity index (χ2v) is 9.73. The summed E-state index contributed by atoms with van der Waals surface area (Å²) in [5, 5.41) is 6.13. The van der Waals surface area contributed by atoms with E-state index in [9.17, 15) is 0 Å². The van der Waals surface area contributed by atoms with E-state index in [0.29, 0.717) is 6.61 Å². The Morgan fingerprint density at radius 2 is 1.26 bits per heavy atom. The van der Waals surface area contributed by atoms with E-state index >= 15 is 0 Å². The maximum atomic E-state index is 6.40. The van der Waals surface area contributed by atoms with Crippen molar-refractivity contribution in [1.29, 1.82) is 0 Å². The van der Waals surface area contributed by atoms with Crippen LogP contribution in [-0.4, -0.2) is 22.2 Å². The minimum absolute atomic E-state index is 0.119. The summed E-state index contributed by atoms with van der Waals surface area (Å²) in [6.45, 7) is 8.21. The summed E-state index contributed by atoms with van der Waals surface area (Å²) in [4.78, 5) is 0. The average Bonchev–Trinajstić information content (AvgIpc) is 2.69. The highest BCUT2D eigenvalue weighted by Gasteiger charge is 2.19. The second-order valence-electron chi connectivity index (χ2n) is 7.63. The molecule has 3 aromatic rings. The average molecular weight is 375 g/mol. The molecule has 1 N–H and O–H groups in total. The molecule has 3 aromatic carbocycles. The summed E-state index contributed by atoms with van der Waals surface area (Å²) in [7, 11) is -1.23. The van der Waals surface area contributed by atoms with Crippen LogP contribution in [0.4, 0.5) is 5.69 Å². The van der Waals surface area contributed by atoms with Gasteiger partial charge in [-0.2, -0.15) is 0 Å². The van der Waals surface area contributed by atoms with Gasteiger partial charge in [0.2, 0.25) is 0 Å². The second kappa shape index (κ2) is 9.02. The lowest BCUT2D eigenvalue weighted by Crippen LogP contribution is -2.45. The highest BCUT2D eigenvalue weighted by molar-refractivity contribution is 6.80. The van der Waals surface area contributed by atoms with Crippen molar-refractivity contribution in [3.63, 3.8) is 0 Å². The van der Waals surface area contributed by atoms with Crippen LogP contribution in [0.2, 0.25) is 0 Å². The van der Waals surface area contributed by atoms with Crippen LogP contribution in [0.5, 0.6) is 0 Å². The Morgan fingerprint density at radius 1 is 0.741 bits per heavy atom. The zero-order valence-electron chi connectivity index (χ0n) is 16.4. The molecular weight excluding hydrogens is 346 g/mol. The van der Waals surface area contributed by atoms with Crippen LogP contribution in [0.15, 0.2) is 84.9 Å². The van der Waals surface area contributed by atoms with E-state index in [1.165, 1.54) is 21.6 Å². The van der Waals surface area contributed by atoms with Gasteiger partial charge in [-0.05, 0) is 27.4 Å². The normalized spacial score (nSPS) is 11.6. The molecule has 139 valence electrons. The molecule has 0 unspecified atom stereocenters. The molecule has 3 rings (SSSR count). The van der Waals surface area contributed by atoms with Crippen LogP contribution in [0.25, 0.3) is 0 Å². The molecule has 1 radical (unpaired) electrons. The van der Waals surface area contributed by atoms with Crippen molar-refractivity contribution in [2.75, 3.05) is 18.5 Å². The Bertz CT molecular complexity index is 788. The lowest BCUT2D eigenvalue weighted by atomic mass is 9.86. The SMILES string of the molecule is CC(C)(C)c1ccccc1NCCO[Si](c1ccccc1)c1ccccc1. The van der Waals surface area contributed by atoms with E-state index in [2.05, 4.69) is 111 Å². The van der Waals surface area contributed by atoms with E-state index in [-0.39, 0.29) is 5.41 Å². The molecule has 0 spiro atoms. The van der Waals surface area contributed by atoms with Crippen molar-refractivity contribution in [2.45, 2.75) is 26.2 Å². The molecule has 0 atom stereocenters. The van der Waals surface area contributed by atoms with Crippen LogP contribution >= 0.6 is 0 Å². The number of para-hydroxylation sites is 1. The van der Waals surface area contributed by atoms with E-state index in [1.807, 2.05) is 0 Å². The molecule has 0 aliphatic rings. The third-order valence-electron chi connectivity index (χ3n) is 4.47. The molecule has 0 saturated heterocycles. The molecule has 0 fully saturated rings. The predicted molar refractivity (Wildman–Crippen MR) is 117 cm³/mol. The van der Waals surface area contributed by atoms with Gasteiger partial charge in [-0.3, -0.25) is 0 Å². The monoisotopic (exact) mass is 374 g/mol. The highest BCUT2D eigenvalue weighted by atomic mass is 28.3. The molecule has 0 aliphatic carbocycles. The minimum Gasteiger partial charge on any atom is -0.406 e. The number of rotatable bonds is 7. The molecule has 0 bridgehead atoms. The number of nitrogens with one attached hydrogen (secondary N) is 1. The van der Waals surface area contributed by atoms with Crippen LogP contribution in [-0.2, 0) is 9.84 Å². The minimum atomic E-state index is -1.23. The maximum Gasteiger partial charge on any atom is 0.282 e. The van der Waals surface area contributed by atoms with Crippen LogP contribution in [0.3, 0.4) is 0 Å². The number of hydrogen-bond donors (Lipinski definition) is 1. The van der Waals surface area contributed by atoms with Gasteiger partial charge in [0, 0.05) is 12.2 Å². The van der Waals surface area contributed by atoms with Gasteiger partial charge in [0.25, 0.3) is 9.04 Å². The summed E-state index contributed by atoms with van der Waals surface area (Å²) in [5.74, 6) is 0. The van der Waals surface area contributed by atoms with Gasteiger partial charge in [-0.1, -0.05) is 99.6 Å². The summed E-state index contributed by atoms with van der Waals surface area (Å²) in [6, 6.07) is 29.7. The number of benzene rings is 3. The van der Waals surface area contributed by atoms with Crippen LogP contribution < -0.4 is 15.7 Å². The van der Waals surface area contributed by atoms with Crippen molar-refractivity contribution in [1.82, 2.24) is 0 Å². The van der Waals surface area contributed by atoms with Gasteiger partial charge in [-0.15, -0.1) is 0 Å².